The van der Waals surface area contributed by atoms with Crippen LogP contribution in [0, 0.1) is 6.92 Å². The van der Waals surface area contributed by atoms with Crippen molar-refractivity contribution in [2.75, 3.05) is 5.32 Å². The quantitative estimate of drug-likeness (QED) is 0.806. The second-order valence-electron chi connectivity index (χ2n) is 6.28. The smallest absolute Gasteiger partial charge is 0.125 e. The van der Waals surface area contributed by atoms with Crippen LogP contribution in [0.2, 0.25) is 5.02 Å². The molecule has 0 bridgehead atoms. The molecule has 1 heterocycles. The van der Waals surface area contributed by atoms with Crippen LogP contribution < -0.4 is 10.1 Å². The molecule has 1 unspecified atom stereocenters. The van der Waals surface area contributed by atoms with Gasteiger partial charge in [-0.05, 0) is 44.5 Å². The summed E-state index contributed by atoms with van der Waals surface area (Å²) in [6.45, 7) is 6.31. The highest BCUT2D eigenvalue weighted by molar-refractivity contribution is 6.33. The molecule has 0 amide bonds. The number of anilines is 1. The summed E-state index contributed by atoms with van der Waals surface area (Å²) in [5.74, 6) is 0.954. The van der Waals surface area contributed by atoms with Crippen LogP contribution in [0.25, 0.3) is 0 Å². The normalized spacial score (nSPS) is 19.5. The molecule has 1 N–H and O–H groups in total. The largest absolute Gasteiger partial charge is 0.487 e. The Hall–Kier alpha value is -1.67. The lowest BCUT2D eigenvalue weighted by Gasteiger charge is -2.38. The van der Waals surface area contributed by atoms with Crippen LogP contribution in [0.1, 0.15) is 37.4 Å². The summed E-state index contributed by atoms with van der Waals surface area (Å²) in [5.41, 5.74) is 3.17. The van der Waals surface area contributed by atoms with Gasteiger partial charge in [0.1, 0.15) is 11.4 Å². The molecular formula is C18H20ClNO. The van der Waals surface area contributed by atoms with Crippen LogP contribution in [0.5, 0.6) is 5.75 Å². The van der Waals surface area contributed by atoms with E-state index in [0.29, 0.717) is 0 Å². The first-order chi connectivity index (χ1) is 9.94. The number of nitrogens with one attached hydrogen (secondary N) is 1. The molecule has 0 aliphatic carbocycles. The molecule has 0 saturated carbocycles. The van der Waals surface area contributed by atoms with Crippen molar-refractivity contribution < 1.29 is 4.74 Å². The van der Waals surface area contributed by atoms with E-state index in [1.807, 2.05) is 30.3 Å². The van der Waals surface area contributed by atoms with Crippen LogP contribution >= 0.6 is 11.6 Å². The summed E-state index contributed by atoms with van der Waals surface area (Å²) in [6, 6.07) is 14.5. The molecule has 0 radical (unpaired) electrons. The number of para-hydroxylation sites is 1. The van der Waals surface area contributed by atoms with E-state index in [1.54, 1.807) is 0 Å². The number of rotatable bonds is 2. The Labute approximate surface area is 131 Å². The zero-order chi connectivity index (χ0) is 15.0. The Morgan fingerprint density at radius 3 is 2.76 bits per heavy atom. The molecule has 2 nitrogen and oxygen atoms in total. The number of benzene rings is 2. The molecule has 2 aromatic rings. The van der Waals surface area contributed by atoms with Crippen LogP contribution in [0.4, 0.5) is 5.69 Å². The van der Waals surface area contributed by atoms with E-state index in [4.69, 9.17) is 16.3 Å². The summed E-state index contributed by atoms with van der Waals surface area (Å²) in [5, 5.41) is 4.34. The minimum atomic E-state index is -0.192. The van der Waals surface area contributed by atoms with Crippen molar-refractivity contribution in [1.82, 2.24) is 0 Å². The SMILES string of the molecule is Cc1ccc(Cl)c(NC2CC(C)(C)Oc3ccccc32)c1. The Kier molecular flexibility index (Phi) is 3.58. The van der Waals surface area contributed by atoms with Gasteiger partial charge in [-0.1, -0.05) is 35.9 Å². The lowest BCUT2D eigenvalue weighted by atomic mass is 9.89. The summed E-state index contributed by atoms with van der Waals surface area (Å²) in [6.07, 6.45) is 0.897. The molecule has 0 spiro atoms. The van der Waals surface area contributed by atoms with Gasteiger partial charge in [-0.2, -0.15) is 0 Å². The van der Waals surface area contributed by atoms with E-state index in [0.717, 1.165) is 22.9 Å². The topological polar surface area (TPSA) is 21.3 Å². The molecule has 3 rings (SSSR count). The standard InChI is InChI=1S/C18H20ClNO/c1-12-8-9-14(19)15(10-12)20-16-11-18(2,3)21-17-7-5-4-6-13(16)17/h4-10,16,20H,11H2,1-3H3. The monoisotopic (exact) mass is 301 g/mol. The summed E-state index contributed by atoms with van der Waals surface area (Å²) in [7, 11) is 0. The van der Waals surface area contributed by atoms with Crippen molar-refractivity contribution in [2.45, 2.75) is 38.8 Å². The van der Waals surface area contributed by atoms with Crippen LogP contribution in [-0.2, 0) is 0 Å². The van der Waals surface area contributed by atoms with Gasteiger partial charge in [0, 0.05) is 12.0 Å². The van der Waals surface area contributed by atoms with E-state index in [-0.39, 0.29) is 11.6 Å². The molecule has 1 aliphatic heterocycles. The summed E-state index contributed by atoms with van der Waals surface area (Å²) >= 11 is 6.32. The van der Waals surface area contributed by atoms with Gasteiger partial charge in [-0.15, -0.1) is 0 Å². The second kappa shape index (κ2) is 5.27. The minimum Gasteiger partial charge on any atom is -0.487 e. The fraction of sp³-hybridized carbons (Fsp3) is 0.333. The molecule has 1 aliphatic rings. The lowest BCUT2D eigenvalue weighted by molar-refractivity contribution is 0.0759. The third-order valence-corrected chi connectivity index (χ3v) is 4.16. The third-order valence-electron chi connectivity index (χ3n) is 3.83. The first kappa shape index (κ1) is 14.3. The van der Waals surface area contributed by atoms with Gasteiger partial charge in [0.05, 0.1) is 16.8 Å². The van der Waals surface area contributed by atoms with Crippen molar-refractivity contribution >= 4 is 17.3 Å². The molecule has 3 heteroatoms. The number of hydrogen-bond acceptors (Lipinski definition) is 2. The van der Waals surface area contributed by atoms with E-state index >= 15 is 0 Å². The minimum absolute atomic E-state index is 0.192. The molecule has 1 atom stereocenters. The molecule has 21 heavy (non-hydrogen) atoms. The van der Waals surface area contributed by atoms with Crippen molar-refractivity contribution in [3.8, 4) is 5.75 Å². The predicted octanol–water partition coefficient (Wildman–Crippen LogP) is 5.36. The molecule has 2 aromatic carbocycles. The molecule has 0 aromatic heterocycles. The number of fused-ring (bicyclic) bond motifs is 1. The zero-order valence-corrected chi connectivity index (χ0v) is 13.4. The highest BCUT2D eigenvalue weighted by atomic mass is 35.5. The van der Waals surface area contributed by atoms with Gasteiger partial charge in [0.2, 0.25) is 0 Å². The maximum Gasteiger partial charge on any atom is 0.125 e. The highest BCUT2D eigenvalue weighted by Gasteiger charge is 2.33. The van der Waals surface area contributed by atoms with Crippen molar-refractivity contribution in [3.63, 3.8) is 0 Å². The molecule has 0 saturated heterocycles. The van der Waals surface area contributed by atoms with Crippen LogP contribution in [0.15, 0.2) is 42.5 Å². The second-order valence-corrected chi connectivity index (χ2v) is 6.69. The Morgan fingerprint density at radius 1 is 1.19 bits per heavy atom. The fourth-order valence-electron chi connectivity index (χ4n) is 2.87. The van der Waals surface area contributed by atoms with E-state index < -0.39 is 0 Å². The number of ether oxygens (including phenoxy) is 1. The summed E-state index contributed by atoms with van der Waals surface area (Å²) < 4.78 is 6.07. The van der Waals surface area contributed by atoms with Crippen molar-refractivity contribution in [2.24, 2.45) is 0 Å². The first-order valence-corrected chi connectivity index (χ1v) is 7.63. The van der Waals surface area contributed by atoms with E-state index in [2.05, 4.69) is 38.2 Å². The zero-order valence-electron chi connectivity index (χ0n) is 12.6. The van der Waals surface area contributed by atoms with Crippen molar-refractivity contribution in [3.05, 3.63) is 58.6 Å². The third kappa shape index (κ3) is 3.01. The fourth-order valence-corrected chi connectivity index (χ4v) is 3.04. The lowest BCUT2D eigenvalue weighted by Crippen LogP contribution is -2.37. The summed E-state index contributed by atoms with van der Waals surface area (Å²) in [4.78, 5) is 0. The van der Waals surface area contributed by atoms with Gasteiger partial charge in [0.25, 0.3) is 0 Å². The number of halogens is 1. The average molecular weight is 302 g/mol. The molecule has 110 valence electrons. The maximum atomic E-state index is 6.32. The Balaban J connectivity index is 1.96. The van der Waals surface area contributed by atoms with Crippen molar-refractivity contribution in [1.29, 1.82) is 0 Å². The van der Waals surface area contributed by atoms with Gasteiger partial charge in [0.15, 0.2) is 0 Å². The molecule has 0 fully saturated rings. The van der Waals surface area contributed by atoms with E-state index in [1.165, 1.54) is 11.1 Å². The average Bonchev–Trinajstić information content (AvgIpc) is 2.41. The number of hydrogen-bond donors (Lipinski definition) is 1. The van der Waals surface area contributed by atoms with Crippen LogP contribution in [-0.4, -0.2) is 5.60 Å². The van der Waals surface area contributed by atoms with Crippen LogP contribution in [0.3, 0.4) is 0 Å². The van der Waals surface area contributed by atoms with E-state index in [9.17, 15) is 0 Å². The van der Waals surface area contributed by atoms with Gasteiger partial charge < -0.3 is 10.1 Å². The Morgan fingerprint density at radius 2 is 1.95 bits per heavy atom. The van der Waals surface area contributed by atoms with Gasteiger partial charge in [-0.3, -0.25) is 0 Å². The number of aryl methyl sites for hydroxylation is 1. The molecular weight excluding hydrogens is 282 g/mol. The highest BCUT2D eigenvalue weighted by Crippen LogP contribution is 2.41. The predicted molar refractivity (Wildman–Crippen MR) is 88.3 cm³/mol. The van der Waals surface area contributed by atoms with Gasteiger partial charge >= 0.3 is 0 Å². The van der Waals surface area contributed by atoms with Gasteiger partial charge in [-0.25, -0.2) is 0 Å². The Bertz CT molecular complexity index is 666. The first-order valence-electron chi connectivity index (χ1n) is 7.25. The maximum absolute atomic E-state index is 6.32.